The minimum absolute atomic E-state index is 0.307. The summed E-state index contributed by atoms with van der Waals surface area (Å²) in [4.78, 5) is 15.1. The van der Waals surface area contributed by atoms with Gasteiger partial charge in [-0.05, 0) is 48.4 Å². The summed E-state index contributed by atoms with van der Waals surface area (Å²) in [7, 11) is 0. The largest absolute Gasteiger partial charge is 0.330 e. The van der Waals surface area contributed by atoms with Gasteiger partial charge in [0.25, 0.3) is 0 Å². The molecule has 21 heavy (non-hydrogen) atoms. The third kappa shape index (κ3) is 2.62. The van der Waals surface area contributed by atoms with Crippen molar-refractivity contribution in [3.63, 3.8) is 0 Å². The van der Waals surface area contributed by atoms with Crippen LogP contribution in [0.1, 0.15) is 11.1 Å². The maximum atomic E-state index is 10.5. The van der Waals surface area contributed by atoms with Crippen molar-refractivity contribution in [3.05, 3.63) is 51.4 Å². The van der Waals surface area contributed by atoms with Crippen molar-refractivity contribution in [1.82, 2.24) is 4.98 Å². The van der Waals surface area contributed by atoms with Crippen LogP contribution in [0.2, 0.25) is 5.02 Å². The van der Waals surface area contributed by atoms with E-state index in [0.717, 1.165) is 16.2 Å². The van der Waals surface area contributed by atoms with E-state index in [9.17, 15) is 4.91 Å². The molecule has 0 atom stereocenters. The number of benzene rings is 2. The normalized spacial score (nSPS) is 10.8. The molecule has 2 aromatic carbocycles. The van der Waals surface area contributed by atoms with Crippen molar-refractivity contribution in [2.75, 3.05) is 5.32 Å². The smallest absolute Gasteiger partial charge is 0.188 e. The number of hydrogen-bond donors (Lipinski definition) is 1. The highest BCUT2D eigenvalue weighted by Gasteiger charge is 2.10. The molecule has 0 fully saturated rings. The van der Waals surface area contributed by atoms with Gasteiger partial charge in [-0.15, -0.1) is 4.91 Å². The zero-order valence-corrected chi connectivity index (χ0v) is 13.0. The number of hydrogen-bond acceptors (Lipinski definition) is 5. The molecule has 4 nitrogen and oxygen atoms in total. The lowest BCUT2D eigenvalue weighted by atomic mass is 10.1. The molecule has 1 heterocycles. The summed E-state index contributed by atoms with van der Waals surface area (Å²) in [6, 6.07) is 9.03. The van der Waals surface area contributed by atoms with E-state index in [4.69, 9.17) is 11.6 Å². The standard InChI is InChI=1S/C15H12ClN3OS/c1-8-3-4-9(2)14-13(8)18-15(21-14)17-12-6-5-10(19-20)7-11(12)16/h3-7H,1-2H3,(H,17,18). The fourth-order valence-electron chi connectivity index (χ4n) is 2.09. The maximum absolute atomic E-state index is 10.5. The topological polar surface area (TPSA) is 54.4 Å². The summed E-state index contributed by atoms with van der Waals surface area (Å²) in [5.41, 5.74) is 4.36. The molecular formula is C15H12ClN3OS. The molecule has 106 valence electrons. The zero-order chi connectivity index (χ0) is 15.0. The van der Waals surface area contributed by atoms with Crippen LogP contribution in [0.3, 0.4) is 0 Å². The maximum Gasteiger partial charge on any atom is 0.188 e. The minimum Gasteiger partial charge on any atom is -0.330 e. The van der Waals surface area contributed by atoms with Crippen molar-refractivity contribution in [3.8, 4) is 0 Å². The first-order valence-corrected chi connectivity index (χ1v) is 7.54. The molecular weight excluding hydrogens is 306 g/mol. The predicted octanol–water partition coefficient (Wildman–Crippen LogP) is 5.71. The SMILES string of the molecule is Cc1ccc(C)c2sc(Nc3ccc(N=O)cc3Cl)nc12. The van der Waals surface area contributed by atoms with E-state index in [1.165, 1.54) is 16.3 Å². The van der Waals surface area contributed by atoms with Gasteiger partial charge in [0, 0.05) is 0 Å². The molecule has 0 bridgehead atoms. The molecule has 0 unspecified atom stereocenters. The Hall–Kier alpha value is -1.98. The van der Waals surface area contributed by atoms with Gasteiger partial charge >= 0.3 is 0 Å². The Balaban J connectivity index is 2.00. The van der Waals surface area contributed by atoms with Gasteiger partial charge < -0.3 is 5.32 Å². The number of fused-ring (bicyclic) bond motifs is 1. The van der Waals surface area contributed by atoms with Crippen LogP contribution in [0.25, 0.3) is 10.2 Å². The average Bonchev–Trinajstić information content (AvgIpc) is 2.90. The van der Waals surface area contributed by atoms with E-state index in [-0.39, 0.29) is 0 Å². The van der Waals surface area contributed by atoms with Gasteiger partial charge in [0.05, 0.1) is 20.9 Å². The number of nitrogens with one attached hydrogen (secondary N) is 1. The predicted molar refractivity (Wildman–Crippen MR) is 89.3 cm³/mol. The summed E-state index contributed by atoms with van der Waals surface area (Å²) in [6.07, 6.45) is 0. The van der Waals surface area contributed by atoms with Crippen molar-refractivity contribution in [1.29, 1.82) is 0 Å². The molecule has 0 spiro atoms. The highest BCUT2D eigenvalue weighted by Crippen LogP contribution is 2.35. The lowest BCUT2D eigenvalue weighted by molar-refractivity contribution is 1.38. The van der Waals surface area contributed by atoms with Crippen molar-refractivity contribution in [2.45, 2.75) is 13.8 Å². The molecule has 1 aromatic heterocycles. The van der Waals surface area contributed by atoms with Crippen LogP contribution in [0.4, 0.5) is 16.5 Å². The Morgan fingerprint density at radius 3 is 2.62 bits per heavy atom. The molecule has 1 N–H and O–H groups in total. The third-order valence-electron chi connectivity index (χ3n) is 3.24. The van der Waals surface area contributed by atoms with Crippen LogP contribution in [-0.4, -0.2) is 4.98 Å². The van der Waals surface area contributed by atoms with E-state index in [1.54, 1.807) is 23.5 Å². The number of rotatable bonds is 3. The molecule has 6 heteroatoms. The fraction of sp³-hybridized carbons (Fsp3) is 0.133. The molecule has 0 saturated heterocycles. The number of nitroso groups, excluding NO2 is 1. The molecule has 0 amide bonds. The quantitative estimate of drug-likeness (QED) is 0.629. The Morgan fingerprint density at radius 2 is 1.95 bits per heavy atom. The molecule has 0 aliphatic carbocycles. The zero-order valence-electron chi connectivity index (χ0n) is 11.5. The highest BCUT2D eigenvalue weighted by atomic mass is 35.5. The summed E-state index contributed by atoms with van der Waals surface area (Å²) < 4.78 is 1.17. The number of thiazole rings is 1. The molecule has 0 radical (unpaired) electrons. The number of anilines is 2. The van der Waals surface area contributed by atoms with Crippen LogP contribution in [-0.2, 0) is 0 Å². The molecule has 3 aromatic rings. The van der Waals surface area contributed by atoms with Gasteiger partial charge in [-0.3, -0.25) is 0 Å². The summed E-state index contributed by atoms with van der Waals surface area (Å²) >= 11 is 7.72. The highest BCUT2D eigenvalue weighted by molar-refractivity contribution is 7.22. The Bertz CT molecular complexity index is 805. The summed E-state index contributed by atoms with van der Waals surface area (Å²) in [6.45, 7) is 4.12. The number of aromatic nitrogens is 1. The Kier molecular flexibility index (Phi) is 3.61. The lowest BCUT2D eigenvalue weighted by Crippen LogP contribution is -1.90. The number of nitrogens with zero attached hydrogens (tertiary/aromatic N) is 2. The van der Waals surface area contributed by atoms with Crippen LogP contribution in [0.15, 0.2) is 35.5 Å². The van der Waals surface area contributed by atoms with Gasteiger partial charge in [0.15, 0.2) is 5.13 Å². The molecule has 0 aliphatic heterocycles. The van der Waals surface area contributed by atoms with Crippen LogP contribution in [0.5, 0.6) is 0 Å². The van der Waals surface area contributed by atoms with Crippen LogP contribution >= 0.6 is 22.9 Å². The van der Waals surface area contributed by atoms with Gasteiger partial charge in [0.2, 0.25) is 0 Å². The van der Waals surface area contributed by atoms with Crippen LogP contribution < -0.4 is 5.32 Å². The van der Waals surface area contributed by atoms with Crippen LogP contribution in [0, 0.1) is 18.8 Å². The van der Waals surface area contributed by atoms with E-state index in [1.807, 2.05) is 6.92 Å². The minimum atomic E-state index is 0.307. The molecule has 0 saturated carbocycles. The first kappa shape index (κ1) is 14.0. The summed E-state index contributed by atoms with van der Waals surface area (Å²) in [5.74, 6) is 0. The first-order chi connectivity index (χ1) is 10.1. The van der Waals surface area contributed by atoms with Gasteiger partial charge in [-0.25, -0.2) is 4.98 Å². The number of aryl methyl sites for hydroxylation is 2. The number of halogens is 1. The van der Waals surface area contributed by atoms with Crippen molar-refractivity contribution >= 4 is 49.7 Å². The van der Waals surface area contributed by atoms with Gasteiger partial charge in [-0.1, -0.05) is 35.1 Å². The van der Waals surface area contributed by atoms with Crippen molar-refractivity contribution in [2.24, 2.45) is 5.18 Å². The van der Waals surface area contributed by atoms with E-state index in [2.05, 4.69) is 34.5 Å². The average molecular weight is 318 g/mol. The van der Waals surface area contributed by atoms with Gasteiger partial charge in [-0.2, -0.15) is 0 Å². The van der Waals surface area contributed by atoms with E-state index in [0.29, 0.717) is 16.4 Å². The second kappa shape index (κ2) is 5.42. The monoisotopic (exact) mass is 317 g/mol. The van der Waals surface area contributed by atoms with E-state index >= 15 is 0 Å². The van der Waals surface area contributed by atoms with E-state index < -0.39 is 0 Å². The molecule has 0 aliphatic rings. The Labute approximate surface area is 130 Å². The third-order valence-corrected chi connectivity index (χ3v) is 4.66. The van der Waals surface area contributed by atoms with Crippen molar-refractivity contribution < 1.29 is 0 Å². The summed E-state index contributed by atoms with van der Waals surface area (Å²) in [5, 5.41) is 7.28. The Morgan fingerprint density at radius 1 is 1.19 bits per heavy atom. The fourth-order valence-corrected chi connectivity index (χ4v) is 3.34. The van der Waals surface area contributed by atoms with Gasteiger partial charge in [0.1, 0.15) is 5.69 Å². The second-order valence-electron chi connectivity index (χ2n) is 4.78. The lowest BCUT2D eigenvalue weighted by Gasteiger charge is -2.04. The molecule has 3 rings (SSSR count). The first-order valence-electron chi connectivity index (χ1n) is 6.35. The second-order valence-corrected chi connectivity index (χ2v) is 6.18.